The van der Waals surface area contributed by atoms with Gasteiger partial charge in [-0.25, -0.2) is 0 Å². The van der Waals surface area contributed by atoms with Crippen molar-refractivity contribution in [2.24, 2.45) is 28.7 Å². The topological polar surface area (TPSA) is 89.6 Å². The highest BCUT2D eigenvalue weighted by atomic mass is 35.5. The molecule has 0 aromatic rings. The number of hydrogen-bond donors (Lipinski definition) is 5. The molecule has 3 fully saturated rings. The van der Waals surface area contributed by atoms with Gasteiger partial charge in [-0.1, -0.05) is 6.92 Å². The molecule has 1 aliphatic carbocycles. The summed E-state index contributed by atoms with van der Waals surface area (Å²) in [7, 11) is 0. The van der Waals surface area contributed by atoms with Crippen molar-refractivity contribution in [1.29, 1.82) is 0 Å². The number of alkyl halides is 2. The third-order valence-electron chi connectivity index (χ3n) is 7.89. The molecule has 32 heavy (non-hydrogen) atoms. The summed E-state index contributed by atoms with van der Waals surface area (Å²) in [5.41, 5.74) is 0. The molecule has 4 aliphatic rings. The average Bonchev–Trinajstić information content (AvgIpc) is 3.32. The predicted molar refractivity (Wildman–Crippen MR) is 132 cm³/mol. The van der Waals surface area contributed by atoms with E-state index in [1.165, 1.54) is 6.42 Å². The molecule has 8 unspecified atom stereocenters. The Morgan fingerprint density at radius 2 is 1.94 bits per heavy atom. The number of guanidine groups is 1. The van der Waals surface area contributed by atoms with E-state index in [0.29, 0.717) is 36.3 Å². The molecule has 0 radical (unpaired) electrons. The van der Waals surface area contributed by atoms with Crippen LogP contribution in [-0.2, 0) is 4.79 Å². The molecule has 7 nitrogen and oxygen atoms in total. The van der Waals surface area contributed by atoms with Gasteiger partial charge in [0, 0.05) is 31.1 Å². The maximum Gasteiger partial charge on any atom is 0.237 e. The molecular formula is C23H40Cl2N6O. The first-order valence-electron chi connectivity index (χ1n) is 12.5. The first kappa shape index (κ1) is 24.4. The van der Waals surface area contributed by atoms with Crippen LogP contribution in [0.15, 0.2) is 4.99 Å². The van der Waals surface area contributed by atoms with Gasteiger partial charge in [0.25, 0.3) is 0 Å². The molecular weight excluding hydrogens is 447 g/mol. The van der Waals surface area contributed by atoms with Crippen molar-refractivity contribution in [2.45, 2.75) is 68.3 Å². The summed E-state index contributed by atoms with van der Waals surface area (Å²) in [6.07, 6.45) is 5.98. The molecule has 0 aromatic heterocycles. The zero-order valence-electron chi connectivity index (χ0n) is 19.2. The van der Waals surface area contributed by atoms with E-state index < -0.39 is 0 Å². The van der Waals surface area contributed by atoms with Gasteiger partial charge in [-0.05, 0) is 75.3 Å². The highest BCUT2D eigenvalue weighted by molar-refractivity contribution is 6.30. The zero-order valence-corrected chi connectivity index (χ0v) is 20.7. The van der Waals surface area contributed by atoms with Crippen LogP contribution in [0.3, 0.4) is 0 Å². The van der Waals surface area contributed by atoms with Crippen LogP contribution in [0.1, 0.15) is 45.4 Å². The molecule has 3 heterocycles. The maximum atomic E-state index is 13.2. The molecule has 1 amide bonds. The molecule has 9 heteroatoms. The lowest BCUT2D eigenvalue weighted by Gasteiger charge is -2.43. The summed E-state index contributed by atoms with van der Waals surface area (Å²) >= 11 is 12.6. The number of halogens is 2. The number of rotatable bonds is 6. The molecule has 8 atom stereocenters. The van der Waals surface area contributed by atoms with E-state index in [1.54, 1.807) is 0 Å². The van der Waals surface area contributed by atoms with Gasteiger partial charge in [0.2, 0.25) is 5.91 Å². The van der Waals surface area contributed by atoms with Crippen LogP contribution in [0.2, 0.25) is 0 Å². The highest BCUT2D eigenvalue weighted by Gasteiger charge is 2.38. The van der Waals surface area contributed by atoms with Crippen molar-refractivity contribution >= 4 is 35.1 Å². The van der Waals surface area contributed by atoms with E-state index in [9.17, 15) is 4.79 Å². The van der Waals surface area contributed by atoms with Crippen LogP contribution in [0.4, 0.5) is 0 Å². The summed E-state index contributed by atoms with van der Waals surface area (Å²) < 4.78 is 0. The quantitative estimate of drug-likeness (QED) is 0.368. The molecule has 2 saturated heterocycles. The molecule has 1 saturated carbocycles. The second-order valence-corrected chi connectivity index (χ2v) is 11.4. The molecule has 5 N–H and O–H groups in total. The van der Waals surface area contributed by atoms with Crippen molar-refractivity contribution < 1.29 is 4.79 Å². The minimum absolute atomic E-state index is 0.00681. The van der Waals surface area contributed by atoms with E-state index in [2.05, 4.69) is 38.5 Å². The van der Waals surface area contributed by atoms with Gasteiger partial charge in [0.05, 0.1) is 18.0 Å². The zero-order chi connectivity index (χ0) is 22.5. The van der Waals surface area contributed by atoms with Gasteiger partial charge in [-0.3, -0.25) is 9.79 Å². The fraction of sp³-hybridized carbons (Fsp3) is 0.913. The van der Waals surface area contributed by atoms with Crippen molar-refractivity contribution in [3.05, 3.63) is 0 Å². The summed E-state index contributed by atoms with van der Waals surface area (Å²) in [5.74, 6) is 3.11. The number of aliphatic imine (C=N–C) groups is 1. The molecule has 0 aromatic carbocycles. The van der Waals surface area contributed by atoms with E-state index >= 15 is 0 Å². The normalized spacial score (nSPS) is 40.3. The lowest BCUT2D eigenvalue weighted by atomic mass is 9.75. The molecule has 182 valence electrons. The fourth-order valence-electron chi connectivity index (χ4n) is 5.85. The maximum absolute atomic E-state index is 13.2. The molecule has 4 rings (SSSR count). The number of nitrogens with zero attached hydrogens (tertiary/aromatic N) is 1. The first-order valence-corrected chi connectivity index (χ1v) is 13.4. The number of nitrogens with one attached hydrogen (secondary N) is 5. The lowest BCUT2D eigenvalue weighted by molar-refractivity contribution is -0.125. The van der Waals surface area contributed by atoms with Crippen molar-refractivity contribution in [3.63, 3.8) is 0 Å². The first-order chi connectivity index (χ1) is 15.5. The monoisotopic (exact) mass is 486 g/mol. The number of carbonyl (C=O) groups excluding carboxylic acids is 1. The van der Waals surface area contributed by atoms with Gasteiger partial charge in [0.15, 0.2) is 5.96 Å². The van der Waals surface area contributed by atoms with Crippen LogP contribution in [-0.4, -0.2) is 74.0 Å². The van der Waals surface area contributed by atoms with Crippen LogP contribution in [0.25, 0.3) is 0 Å². The number of amides is 1. The van der Waals surface area contributed by atoms with E-state index in [-0.39, 0.29) is 22.7 Å². The van der Waals surface area contributed by atoms with Gasteiger partial charge >= 0.3 is 0 Å². The Bertz CT molecular complexity index is 664. The summed E-state index contributed by atoms with van der Waals surface area (Å²) in [5, 5.41) is 17.4. The Kier molecular flexibility index (Phi) is 8.82. The largest absolute Gasteiger partial charge is 0.356 e. The number of hydrogen-bond acceptors (Lipinski definition) is 6. The highest BCUT2D eigenvalue weighted by Crippen LogP contribution is 2.32. The van der Waals surface area contributed by atoms with Crippen molar-refractivity contribution in [2.75, 3.05) is 39.3 Å². The Labute approximate surface area is 202 Å². The number of carbonyl (C=O) groups is 1. The molecule has 3 aliphatic heterocycles. The molecule has 0 spiro atoms. The van der Waals surface area contributed by atoms with E-state index in [0.717, 1.165) is 70.8 Å². The predicted octanol–water partition coefficient (Wildman–Crippen LogP) is 1.65. The Hall–Kier alpha value is -0.760. The van der Waals surface area contributed by atoms with Crippen LogP contribution in [0, 0.1) is 23.7 Å². The lowest BCUT2D eigenvalue weighted by Crippen LogP contribution is -2.59. The van der Waals surface area contributed by atoms with Gasteiger partial charge in [-0.15, -0.1) is 23.2 Å². The van der Waals surface area contributed by atoms with Crippen LogP contribution < -0.4 is 26.6 Å². The van der Waals surface area contributed by atoms with Crippen LogP contribution >= 0.6 is 23.2 Å². The second kappa shape index (κ2) is 11.6. The SMILES string of the molecule is CC1CCNCC1C1CC(CNC2=NCCN2)CC(C(=O)NCC2CCC(Cl)C(Cl)C2)N1. The third-order valence-corrected chi connectivity index (χ3v) is 9.02. The third kappa shape index (κ3) is 6.43. The fourth-order valence-corrected chi connectivity index (χ4v) is 6.46. The van der Waals surface area contributed by atoms with Crippen LogP contribution in [0.5, 0.6) is 0 Å². The Balaban J connectivity index is 1.34. The summed E-state index contributed by atoms with van der Waals surface area (Å²) in [6, 6.07) is 0.204. The van der Waals surface area contributed by atoms with Gasteiger partial charge in [-0.2, -0.15) is 0 Å². The number of piperidine rings is 2. The second-order valence-electron chi connectivity index (χ2n) is 10.3. The minimum atomic E-state index is -0.149. The van der Waals surface area contributed by atoms with Gasteiger partial charge < -0.3 is 26.6 Å². The Morgan fingerprint density at radius 3 is 2.69 bits per heavy atom. The summed E-state index contributed by atoms with van der Waals surface area (Å²) in [4.78, 5) is 17.7. The van der Waals surface area contributed by atoms with E-state index in [1.807, 2.05) is 0 Å². The Morgan fingerprint density at radius 1 is 1.06 bits per heavy atom. The standard InChI is InChI=1S/C23H40Cl2N6O/c1-14-4-5-26-13-17(14)20-9-16(12-30-23-27-6-7-28-23)10-21(31-20)22(32)29-11-15-2-3-18(24)19(25)8-15/h14-21,26,31H,2-13H2,1H3,(H,29,32)(H2,27,28,30). The smallest absolute Gasteiger partial charge is 0.237 e. The van der Waals surface area contributed by atoms with Crippen molar-refractivity contribution in [1.82, 2.24) is 26.6 Å². The molecule has 0 bridgehead atoms. The summed E-state index contributed by atoms with van der Waals surface area (Å²) in [6.45, 7) is 7.77. The van der Waals surface area contributed by atoms with Crippen molar-refractivity contribution in [3.8, 4) is 0 Å². The van der Waals surface area contributed by atoms with E-state index in [4.69, 9.17) is 23.2 Å². The van der Waals surface area contributed by atoms with Gasteiger partial charge in [0.1, 0.15) is 0 Å². The average molecular weight is 488 g/mol. The minimum Gasteiger partial charge on any atom is -0.356 e.